The second-order valence-corrected chi connectivity index (χ2v) is 8.10. The Morgan fingerprint density at radius 2 is 1.78 bits per heavy atom. The van der Waals surface area contributed by atoms with Gasteiger partial charge in [-0.2, -0.15) is 5.10 Å². The zero-order chi connectivity index (χ0) is 22.7. The first-order valence-corrected chi connectivity index (χ1v) is 10.9. The van der Waals surface area contributed by atoms with E-state index in [0.29, 0.717) is 19.6 Å². The zero-order valence-corrected chi connectivity index (χ0v) is 19.1. The van der Waals surface area contributed by atoms with E-state index in [4.69, 9.17) is 9.47 Å². The highest BCUT2D eigenvalue weighted by molar-refractivity contribution is 5.92. The van der Waals surface area contributed by atoms with E-state index < -0.39 is 0 Å². The second kappa shape index (κ2) is 9.30. The third-order valence-electron chi connectivity index (χ3n) is 5.79. The summed E-state index contributed by atoms with van der Waals surface area (Å²) in [5.74, 6) is 1.45. The molecule has 0 N–H and O–H groups in total. The van der Waals surface area contributed by atoms with Gasteiger partial charge in [0.15, 0.2) is 11.5 Å². The average Bonchev–Trinajstić information content (AvgIpc) is 3.35. The van der Waals surface area contributed by atoms with Crippen LogP contribution in [0.1, 0.15) is 40.6 Å². The molecule has 1 aliphatic rings. The minimum atomic E-state index is -0.0322. The number of nitrogens with zero attached hydrogens (tertiary/aromatic N) is 3. The molecule has 1 amide bonds. The van der Waals surface area contributed by atoms with Gasteiger partial charge in [-0.3, -0.25) is 9.48 Å². The van der Waals surface area contributed by atoms with Gasteiger partial charge in [-0.05, 0) is 57.0 Å². The Morgan fingerprint density at radius 3 is 2.53 bits per heavy atom. The molecule has 0 saturated heterocycles. The minimum Gasteiger partial charge on any atom is -0.454 e. The van der Waals surface area contributed by atoms with Gasteiger partial charge < -0.3 is 14.4 Å². The Balaban J connectivity index is 1.46. The number of benzene rings is 2. The van der Waals surface area contributed by atoms with E-state index >= 15 is 0 Å². The molecule has 2 aromatic carbocycles. The van der Waals surface area contributed by atoms with Crippen molar-refractivity contribution in [3.8, 4) is 11.5 Å². The molecule has 32 heavy (non-hydrogen) atoms. The third-order valence-corrected chi connectivity index (χ3v) is 5.79. The van der Waals surface area contributed by atoms with Gasteiger partial charge in [0.05, 0.1) is 12.2 Å². The molecule has 6 heteroatoms. The van der Waals surface area contributed by atoms with E-state index in [9.17, 15) is 4.79 Å². The number of ether oxygens (including phenoxy) is 2. The minimum absolute atomic E-state index is 0.0322. The molecule has 3 aromatic rings. The summed E-state index contributed by atoms with van der Waals surface area (Å²) >= 11 is 0. The molecular weight excluding hydrogens is 402 g/mol. The van der Waals surface area contributed by atoms with Crippen LogP contribution in [0.5, 0.6) is 11.5 Å². The molecule has 4 rings (SSSR count). The maximum atomic E-state index is 12.9. The lowest BCUT2D eigenvalue weighted by Gasteiger charge is -2.19. The van der Waals surface area contributed by atoms with Crippen LogP contribution in [0.25, 0.3) is 6.08 Å². The maximum absolute atomic E-state index is 12.9. The van der Waals surface area contributed by atoms with Crippen molar-refractivity contribution < 1.29 is 14.3 Å². The molecule has 0 saturated carbocycles. The van der Waals surface area contributed by atoms with Gasteiger partial charge in [-0.25, -0.2) is 0 Å². The number of rotatable bonds is 7. The van der Waals surface area contributed by atoms with Gasteiger partial charge >= 0.3 is 0 Å². The average molecular weight is 432 g/mol. The standard InChI is InChI=1S/C26H29N3O3/c1-5-28(15-22-10-12-24-25(14-22)32-17-31-24)26(30)13-11-23-19(3)27-29(20(23)4)16-21-8-6-18(2)7-9-21/h6-14H,5,15-17H2,1-4H3/b13-11+. The van der Waals surface area contributed by atoms with Gasteiger partial charge in [0.25, 0.3) is 0 Å². The second-order valence-electron chi connectivity index (χ2n) is 8.10. The van der Waals surface area contributed by atoms with Gasteiger partial charge in [-0.15, -0.1) is 0 Å². The molecule has 1 aromatic heterocycles. The van der Waals surface area contributed by atoms with Crippen molar-refractivity contribution in [2.45, 2.75) is 40.8 Å². The first-order valence-electron chi connectivity index (χ1n) is 10.9. The Kier molecular flexibility index (Phi) is 6.30. The lowest BCUT2D eigenvalue weighted by molar-refractivity contribution is -0.126. The fourth-order valence-electron chi connectivity index (χ4n) is 3.84. The lowest BCUT2D eigenvalue weighted by Crippen LogP contribution is -2.28. The number of fused-ring (bicyclic) bond motifs is 1. The van der Waals surface area contributed by atoms with E-state index in [-0.39, 0.29) is 12.7 Å². The highest BCUT2D eigenvalue weighted by Crippen LogP contribution is 2.32. The Bertz CT molecular complexity index is 1150. The van der Waals surface area contributed by atoms with Gasteiger partial charge in [0.2, 0.25) is 12.7 Å². The topological polar surface area (TPSA) is 56.6 Å². The Morgan fingerprint density at radius 1 is 1.06 bits per heavy atom. The predicted octanol–water partition coefficient (Wildman–Crippen LogP) is 4.65. The summed E-state index contributed by atoms with van der Waals surface area (Å²) in [4.78, 5) is 14.7. The molecule has 0 spiro atoms. The van der Waals surface area contributed by atoms with E-state index in [2.05, 4.69) is 36.3 Å². The van der Waals surface area contributed by atoms with Crippen molar-refractivity contribution in [3.05, 3.63) is 82.2 Å². The lowest BCUT2D eigenvalue weighted by atomic mass is 10.1. The number of amides is 1. The molecule has 0 fully saturated rings. The number of aromatic nitrogens is 2. The van der Waals surface area contributed by atoms with Crippen LogP contribution < -0.4 is 9.47 Å². The zero-order valence-electron chi connectivity index (χ0n) is 19.1. The summed E-state index contributed by atoms with van der Waals surface area (Å²) < 4.78 is 12.8. The van der Waals surface area contributed by atoms with Gasteiger partial charge in [0, 0.05) is 30.4 Å². The highest BCUT2D eigenvalue weighted by atomic mass is 16.7. The smallest absolute Gasteiger partial charge is 0.246 e. The molecule has 0 radical (unpaired) electrons. The summed E-state index contributed by atoms with van der Waals surface area (Å²) in [6, 6.07) is 14.3. The number of likely N-dealkylation sites (N-methyl/N-ethyl adjacent to an activating group) is 1. The van der Waals surface area contributed by atoms with Crippen molar-refractivity contribution in [3.63, 3.8) is 0 Å². The molecule has 0 atom stereocenters. The number of carbonyl (C=O) groups excluding carboxylic acids is 1. The number of carbonyl (C=O) groups is 1. The van der Waals surface area contributed by atoms with E-state index in [1.54, 1.807) is 11.0 Å². The van der Waals surface area contributed by atoms with Crippen molar-refractivity contribution in [1.29, 1.82) is 0 Å². The van der Waals surface area contributed by atoms with Crippen LogP contribution >= 0.6 is 0 Å². The summed E-state index contributed by atoms with van der Waals surface area (Å²) in [6.07, 6.45) is 3.53. The molecule has 6 nitrogen and oxygen atoms in total. The van der Waals surface area contributed by atoms with Crippen LogP contribution in [0.15, 0.2) is 48.5 Å². The van der Waals surface area contributed by atoms with Crippen molar-refractivity contribution in [2.75, 3.05) is 13.3 Å². The van der Waals surface area contributed by atoms with Crippen LogP contribution in [0.2, 0.25) is 0 Å². The molecule has 0 bridgehead atoms. The SMILES string of the molecule is CCN(Cc1ccc2c(c1)OCO2)C(=O)/C=C/c1c(C)nn(Cc2ccc(C)cc2)c1C. The number of aryl methyl sites for hydroxylation is 2. The van der Waals surface area contributed by atoms with Crippen molar-refractivity contribution in [1.82, 2.24) is 14.7 Å². The van der Waals surface area contributed by atoms with Crippen molar-refractivity contribution in [2.24, 2.45) is 0 Å². The summed E-state index contributed by atoms with van der Waals surface area (Å²) in [6.45, 7) is 10.2. The molecule has 1 aliphatic heterocycles. The fraction of sp³-hybridized carbons (Fsp3) is 0.308. The number of hydrogen-bond acceptors (Lipinski definition) is 4. The van der Waals surface area contributed by atoms with Crippen LogP contribution in [-0.4, -0.2) is 33.9 Å². The molecule has 166 valence electrons. The van der Waals surface area contributed by atoms with Gasteiger partial charge in [0.1, 0.15) is 0 Å². The van der Waals surface area contributed by atoms with Crippen LogP contribution in [0, 0.1) is 20.8 Å². The molecule has 0 unspecified atom stereocenters. The summed E-state index contributed by atoms with van der Waals surface area (Å²) in [5, 5.41) is 4.69. The first kappa shape index (κ1) is 21.7. The Hall–Kier alpha value is -3.54. The summed E-state index contributed by atoms with van der Waals surface area (Å²) in [7, 11) is 0. The van der Waals surface area contributed by atoms with Crippen LogP contribution in [0.3, 0.4) is 0 Å². The highest BCUT2D eigenvalue weighted by Gasteiger charge is 2.16. The number of hydrogen-bond donors (Lipinski definition) is 0. The fourth-order valence-corrected chi connectivity index (χ4v) is 3.84. The van der Waals surface area contributed by atoms with E-state index in [1.807, 2.05) is 49.7 Å². The normalized spacial score (nSPS) is 12.5. The third kappa shape index (κ3) is 4.69. The summed E-state index contributed by atoms with van der Waals surface area (Å²) in [5.41, 5.74) is 6.41. The predicted molar refractivity (Wildman–Crippen MR) is 125 cm³/mol. The molecule has 0 aliphatic carbocycles. The maximum Gasteiger partial charge on any atom is 0.246 e. The van der Waals surface area contributed by atoms with Crippen LogP contribution in [0.4, 0.5) is 0 Å². The monoisotopic (exact) mass is 431 g/mol. The van der Waals surface area contributed by atoms with Gasteiger partial charge in [-0.1, -0.05) is 35.9 Å². The quantitative estimate of drug-likeness (QED) is 0.511. The van der Waals surface area contributed by atoms with Crippen molar-refractivity contribution >= 4 is 12.0 Å². The molecule has 2 heterocycles. The Labute approximate surface area is 189 Å². The largest absolute Gasteiger partial charge is 0.454 e. The van der Waals surface area contributed by atoms with E-state index in [1.165, 1.54) is 11.1 Å². The van der Waals surface area contributed by atoms with Crippen LogP contribution in [-0.2, 0) is 17.9 Å². The molecular formula is C26H29N3O3. The first-order chi connectivity index (χ1) is 15.4. The van der Waals surface area contributed by atoms with E-state index in [0.717, 1.165) is 34.0 Å².